The minimum absolute atomic E-state index is 0.0481. The second-order valence-corrected chi connectivity index (χ2v) is 5.05. The molecule has 3 rings (SSSR count). The predicted octanol–water partition coefficient (Wildman–Crippen LogP) is -0.290. The highest BCUT2D eigenvalue weighted by Crippen LogP contribution is 2.41. The van der Waals surface area contributed by atoms with E-state index < -0.39 is 23.6 Å². The van der Waals surface area contributed by atoms with Gasteiger partial charge in [0.25, 0.3) is 5.56 Å². The molecule has 1 aliphatic rings. The van der Waals surface area contributed by atoms with E-state index >= 15 is 0 Å². The molecule has 2 aromatic rings. The molecule has 0 amide bonds. The number of H-pyrrole nitrogens is 1. The number of nitrogens with zero attached hydrogens (tertiary/aromatic N) is 3. The van der Waals surface area contributed by atoms with Crippen molar-refractivity contribution in [1.82, 2.24) is 19.5 Å². The summed E-state index contributed by atoms with van der Waals surface area (Å²) in [7, 11) is 0. The van der Waals surface area contributed by atoms with Crippen LogP contribution in [0.3, 0.4) is 0 Å². The van der Waals surface area contributed by atoms with Gasteiger partial charge in [-0.25, -0.2) is 9.37 Å². The van der Waals surface area contributed by atoms with E-state index in [-0.39, 0.29) is 30.1 Å². The van der Waals surface area contributed by atoms with Crippen LogP contribution in [0, 0.1) is 0 Å². The summed E-state index contributed by atoms with van der Waals surface area (Å²) in [5.74, 6) is -0.0819. The van der Waals surface area contributed by atoms with Gasteiger partial charge in [-0.2, -0.15) is 4.98 Å². The van der Waals surface area contributed by atoms with Crippen LogP contribution < -0.4 is 11.3 Å². The van der Waals surface area contributed by atoms with Gasteiger partial charge in [-0.05, 0) is 6.92 Å². The van der Waals surface area contributed by atoms with Gasteiger partial charge < -0.3 is 15.6 Å². The molecule has 1 aliphatic heterocycles. The normalized spacial score (nSPS) is 30.1. The van der Waals surface area contributed by atoms with Gasteiger partial charge in [-0.1, -0.05) is 0 Å². The van der Waals surface area contributed by atoms with Crippen LogP contribution in [0.5, 0.6) is 0 Å². The molecule has 0 spiro atoms. The highest BCUT2D eigenvalue weighted by molar-refractivity contribution is 5.70. The summed E-state index contributed by atoms with van der Waals surface area (Å²) in [4.78, 5) is 21.9. The maximum Gasteiger partial charge on any atom is 0.280 e. The molecule has 0 bridgehead atoms. The number of aliphatic hydroxyl groups is 1. The molecule has 20 heavy (non-hydrogen) atoms. The summed E-state index contributed by atoms with van der Waals surface area (Å²) >= 11 is 0. The summed E-state index contributed by atoms with van der Waals surface area (Å²) in [6.45, 7) is 1.09. The van der Waals surface area contributed by atoms with Crippen molar-refractivity contribution < 1.29 is 14.2 Å². The average molecular weight is 283 g/mol. The number of aromatic amines is 1. The highest BCUT2D eigenvalue weighted by Gasteiger charge is 2.47. The summed E-state index contributed by atoms with van der Waals surface area (Å²) < 4.78 is 21.4. The number of hydrogen-bond donors (Lipinski definition) is 3. The minimum atomic E-state index is -1.71. The van der Waals surface area contributed by atoms with Crippen LogP contribution >= 0.6 is 0 Å². The summed E-state index contributed by atoms with van der Waals surface area (Å²) in [5.41, 5.74) is 3.50. The van der Waals surface area contributed by atoms with E-state index in [1.807, 2.05) is 0 Å². The fourth-order valence-electron chi connectivity index (χ4n) is 2.50. The standard InChI is InChI=1S/C11H14FN5O3/c1-11(12)2-5(3-18)20-9(11)17-4-14-6-7(17)15-10(13)16-8(6)19/h4-5,9,18H,2-3H2,1H3,(H3,13,15,16,19)/t5?,9?,11-/m1/s1. The molecule has 3 atom stereocenters. The van der Waals surface area contributed by atoms with Crippen LogP contribution in [-0.4, -0.2) is 43.0 Å². The van der Waals surface area contributed by atoms with Crippen LogP contribution in [0.4, 0.5) is 10.3 Å². The molecule has 0 aliphatic carbocycles. The van der Waals surface area contributed by atoms with Crippen LogP contribution in [0.25, 0.3) is 11.2 Å². The molecule has 108 valence electrons. The number of rotatable bonds is 2. The number of hydrogen-bond acceptors (Lipinski definition) is 6. The van der Waals surface area contributed by atoms with Gasteiger partial charge in [0.15, 0.2) is 23.1 Å². The van der Waals surface area contributed by atoms with Crippen molar-refractivity contribution in [3.8, 4) is 0 Å². The SMILES string of the molecule is C[C@@]1(F)CC(CO)OC1n1cnc2c(=O)[nH]c(N)nc21. The maximum absolute atomic E-state index is 14.6. The summed E-state index contributed by atoms with van der Waals surface area (Å²) in [6.07, 6.45) is -0.286. The Kier molecular flexibility index (Phi) is 2.76. The number of nitrogens with two attached hydrogens (primary N) is 1. The first-order valence-electron chi connectivity index (χ1n) is 6.10. The third-order valence-corrected chi connectivity index (χ3v) is 3.37. The van der Waals surface area contributed by atoms with Gasteiger partial charge >= 0.3 is 0 Å². The molecule has 3 heterocycles. The number of fused-ring (bicyclic) bond motifs is 1. The monoisotopic (exact) mass is 283 g/mol. The van der Waals surface area contributed by atoms with E-state index in [0.717, 1.165) is 0 Å². The number of alkyl halides is 1. The Hall–Kier alpha value is -2.00. The van der Waals surface area contributed by atoms with Crippen molar-refractivity contribution in [2.24, 2.45) is 0 Å². The maximum atomic E-state index is 14.6. The van der Waals surface area contributed by atoms with Crippen molar-refractivity contribution in [3.05, 3.63) is 16.7 Å². The van der Waals surface area contributed by atoms with Gasteiger partial charge in [-0.3, -0.25) is 14.3 Å². The summed E-state index contributed by atoms with van der Waals surface area (Å²) in [6, 6.07) is 0. The molecular weight excluding hydrogens is 269 g/mol. The van der Waals surface area contributed by atoms with Crippen molar-refractivity contribution >= 4 is 17.1 Å². The molecule has 0 radical (unpaired) electrons. The topological polar surface area (TPSA) is 119 Å². The Labute approximate surface area is 112 Å². The first-order chi connectivity index (χ1) is 9.42. The van der Waals surface area contributed by atoms with Crippen molar-refractivity contribution in [2.75, 3.05) is 12.3 Å². The molecule has 9 heteroatoms. The second-order valence-electron chi connectivity index (χ2n) is 5.05. The molecule has 1 saturated heterocycles. The predicted molar refractivity (Wildman–Crippen MR) is 67.7 cm³/mol. The number of nitrogen functional groups attached to an aromatic ring is 1. The molecule has 4 N–H and O–H groups in total. The lowest BCUT2D eigenvalue weighted by molar-refractivity contribution is -0.0565. The van der Waals surface area contributed by atoms with Crippen LogP contribution in [-0.2, 0) is 4.74 Å². The number of nitrogens with one attached hydrogen (secondary N) is 1. The lowest BCUT2D eigenvalue weighted by Crippen LogP contribution is -2.27. The van der Waals surface area contributed by atoms with E-state index in [1.54, 1.807) is 0 Å². The summed E-state index contributed by atoms with van der Waals surface area (Å²) in [5, 5.41) is 9.11. The van der Waals surface area contributed by atoms with E-state index in [9.17, 15) is 9.18 Å². The molecular formula is C11H14FN5O3. The Morgan fingerprint density at radius 1 is 1.75 bits per heavy atom. The van der Waals surface area contributed by atoms with E-state index in [4.69, 9.17) is 15.6 Å². The van der Waals surface area contributed by atoms with Crippen LogP contribution in [0.15, 0.2) is 11.1 Å². The Morgan fingerprint density at radius 3 is 3.15 bits per heavy atom. The van der Waals surface area contributed by atoms with Gasteiger partial charge in [0.1, 0.15) is 0 Å². The largest absolute Gasteiger partial charge is 0.394 e. The van der Waals surface area contributed by atoms with Gasteiger partial charge in [0, 0.05) is 6.42 Å². The number of ether oxygens (including phenoxy) is 1. The van der Waals surface area contributed by atoms with E-state index in [1.165, 1.54) is 17.8 Å². The van der Waals surface area contributed by atoms with Gasteiger partial charge in [0.05, 0.1) is 19.0 Å². The van der Waals surface area contributed by atoms with Crippen LogP contribution in [0.2, 0.25) is 0 Å². The Balaban J connectivity index is 2.13. The fourth-order valence-corrected chi connectivity index (χ4v) is 2.50. The average Bonchev–Trinajstić information content (AvgIpc) is 2.89. The molecule has 0 aromatic carbocycles. The molecule has 2 unspecified atom stereocenters. The smallest absolute Gasteiger partial charge is 0.280 e. The molecule has 8 nitrogen and oxygen atoms in total. The van der Waals surface area contributed by atoms with E-state index in [2.05, 4.69) is 15.0 Å². The first-order valence-corrected chi connectivity index (χ1v) is 6.10. The zero-order chi connectivity index (χ0) is 14.5. The second kappa shape index (κ2) is 4.25. The molecule has 0 saturated carbocycles. The molecule has 1 fully saturated rings. The fraction of sp³-hybridized carbons (Fsp3) is 0.545. The quantitative estimate of drug-likeness (QED) is 0.696. The number of aliphatic hydroxyl groups excluding tert-OH is 1. The zero-order valence-electron chi connectivity index (χ0n) is 10.7. The van der Waals surface area contributed by atoms with Gasteiger partial charge in [0.2, 0.25) is 5.95 Å². The number of imidazole rings is 1. The number of aromatic nitrogens is 4. The van der Waals surface area contributed by atoms with E-state index in [0.29, 0.717) is 0 Å². The third kappa shape index (κ3) is 1.86. The van der Waals surface area contributed by atoms with Crippen molar-refractivity contribution in [3.63, 3.8) is 0 Å². The first kappa shape index (κ1) is 13.0. The lowest BCUT2D eigenvalue weighted by Gasteiger charge is -2.22. The lowest BCUT2D eigenvalue weighted by atomic mass is 10.0. The van der Waals surface area contributed by atoms with Crippen LogP contribution in [0.1, 0.15) is 19.6 Å². The minimum Gasteiger partial charge on any atom is -0.394 e. The highest BCUT2D eigenvalue weighted by atomic mass is 19.1. The van der Waals surface area contributed by atoms with Gasteiger partial charge in [-0.15, -0.1) is 0 Å². The Morgan fingerprint density at radius 2 is 2.50 bits per heavy atom. The Bertz CT molecular complexity index is 710. The third-order valence-electron chi connectivity index (χ3n) is 3.37. The van der Waals surface area contributed by atoms with Crippen molar-refractivity contribution in [2.45, 2.75) is 31.3 Å². The molecule has 2 aromatic heterocycles. The number of anilines is 1. The zero-order valence-corrected chi connectivity index (χ0v) is 10.7. The number of halogens is 1. The van der Waals surface area contributed by atoms with Crippen molar-refractivity contribution in [1.29, 1.82) is 0 Å².